The van der Waals surface area contributed by atoms with Crippen LogP contribution in [-0.4, -0.2) is 28.9 Å². The summed E-state index contributed by atoms with van der Waals surface area (Å²) in [6.45, 7) is 1.57. The minimum absolute atomic E-state index is 0.0518. The SMILES string of the molecule is O=C(c1cc(Nc2ccccc2F)ccn1)N1CCCCCC1. The number of rotatable bonds is 3. The lowest BCUT2D eigenvalue weighted by molar-refractivity contribution is 0.0756. The summed E-state index contributed by atoms with van der Waals surface area (Å²) in [5.74, 6) is -0.381. The number of carbonyl (C=O) groups excluding carboxylic acids is 1. The van der Waals surface area contributed by atoms with Gasteiger partial charge in [-0.05, 0) is 37.1 Å². The standard InChI is InChI=1S/C18H20FN3O/c19-15-7-3-4-8-16(15)21-14-9-10-20-17(13-14)18(23)22-11-5-1-2-6-12-22/h3-4,7-10,13H,1-2,5-6,11-12H2,(H,20,21). The zero-order valence-electron chi connectivity index (χ0n) is 13.0. The van der Waals surface area contributed by atoms with Gasteiger partial charge in [0.05, 0.1) is 5.69 Å². The third-order valence-electron chi connectivity index (χ3n) is 4.03. The summed E-state index contributed by atoms with van der Waals surface area (Å²) in [7, 11) is 0. The van der Waals surface area contributed by atoms with Crippen molar-refractivity contribution < 1.29 is 9.18 Å². The minimum Gasteiger partial charge on any atom is -0.353 e. The van der Waals surface area contributed by atoms with Gasteiger partial charge >= 0.3 is 0 Å². The molecule has 0 unspecified atom stereocenters. The molecule has 3 rings (SSSR count). The van der Waals surface area contributed by atoms with Gasteiger partial charge in [-0.3, -0.25) is 9.78 Å². The van der Waals surface area contributed by atoms with E-state index in [4.69, 9.17) is 0 Å². The third-order valence-corrected chi connectivity index (χ3v) is 4.03. The normalized spacial score (nSPS) is 15.1. The van der Waals surface area contributed by atoms with E-state index in [9.17, 15) is 9.18 Å². The van der Waals surface area contributed by atoms with Crippen LogP contribution in [-0.2, 0) is 0 Å². The van der Waals surface area contributed by atoms with Crippen LogP contribution in [0.4, 0.5) is 15.8 Å². The number of aromatic nitrogens is 1. The number of amides is 1. The van der Waals surface area contributed by atoms with Gasteiger partial charge in [0.1, 0.15) is 11.5 Å². The van der Waals surface area contributed by atoms with Crippen molar-refractivity contribution in [1.29, 1.82) is 0 Å². The number of anilines is 2. The largest absolute Gasteiger partial charge is 0.353 e. The summed E-state index contributed by atoms with van der Waals surface area (Å²) in [6.07, 6.45) is 6.00. The summed E-state index contributed by atoms with van der Waals surface area (Å²) in [6, 6.07) is 9.86. The number of likely N-dealkylation sites (tertiary alicyclic amines) is 1. The van der Waals surface area contributed by atoms with Crippen molar-refractivity contribution >= 4 is 17.3 Å². The number of benzene rings is 1. The van der Waals surface area contributed by atoms with Crippen molar-refractivity contribution in [3.8, 4) is 0 Å². The van der Waals surface area contributed by atoms with Crippen LogP contribution in [0.2, 0.25) is 0 Å². The molecule has 2 heterocycles. The molecule has 23 heavy (non-hydrogen) atoms. The first-order chi connectivity index (χ1) is 11.2. The predicted octanol–water partition coefficient (Wildman–Crippen LogP) is 3.98. The smallest absolute Gasteiger partial charge is 0.272 e. The van der Waals surface area contributed by atoms with Gasteiger partial charge in [-0.25, -0.2) is 4.39 Å². The van der Waals surface area contributed by atoms with Gasteiger partial charge in [-0.2, -0.15) is 0 Å². The number of hydrogen-bond acceptors (Lipinski definition) is 3. The molecule has 1 aliphatic rings. The van der Waals surface area contributed by atoms with E-state index in [0.717, 1.165) is 25.9 Å². The molecule has 0 bridgehead atoms. The Morgan fingerprint density at radius 1 is 1.09 bits per heavy atom. The molecule has 1 aromatic heterocycles. The fourth-order valence-corrected chi connectivity index (χ4v) is 2.78. The molecule has 0 spiro atoms. The van der Waals surface area contributed by atoms with Crippen molar-refractivity contribution in [1.82, 2.24) is 9.88 Å². The Morgan fingerprint density at radius 2 is 1.83 bits per heavy atom. The second-order valence-corrected chi connectivity index (χ2v) is 5.74. The van der Waals surface area contributed by atoms with Gasteiger partial charge in [0.15, 0.2) is 0 Å². The highest BCUT2D eigenvalue weighted by Crippen LogP contribution is 2.20. The second-order valence-electron chi connectivity index (χ2n) is 5.74. The summed E-state index contributed by atoms with van der Waals surface area (Å²) < 4.78 is 13.7. The van der Waals surface area contributed by atoms with E-state index in [2.05, 4.69) is 10.3 Å². The summed E-state index contributed by atoms with van der Waals surface area (Å²) >= 11 is 0. The zero-order valence-corrected chi connectivity index (χ0v) is 13.0. The average Bonchev–Trinajstić information content (AvgIpc) is 2.86. The van der Waals surface area contributed by atoms with Crippen LogP contribution in [0.15, 0.2) is 42.6 Å². The molecule has 1 aliphatic heterocycles. The van der Waals surface area contributed by atoms with E-state index >= 15 is 0 Å². The van der Waals surface area contributed by atoms with Crippen molar-refractivity contribution in [3.63, 3.8) is 0 Å². The molecule has 1 amide bonds. The van der Waals surface area contributed by atoms with Crippen molar-refractivity contribution in [2.24, 2.45) is 0 Å². The number of pyridine rings is 1. The van der Waals surface area contributed by atoms with Gasteiger partial charge in [0.25, 0.3) is 5.91 Å². The molecule has 2 aromatic rings. The van der Waals surface area contributed by atoms with Gasteiger partial charge in [0, 0.05) is 25.0 Å². The van der Waals surface area contributed by atoms with E-state index in [-0.39, 0.29) is 11.7 Å². The van der Waals surface area contributed by atoms with E-state index in [1.807, 2.05) is 4.90 Å². The van der Waals surface area contributed by atoms with Crippen LogP contribution in [0.5, 0.6) is 0 Å². The van der Waals surface area contributed by atoms with Crippen LogP contribution in [0.25, 0.3) is 0 Å². The predicted molar refractivity (Wildman–Crippen MR) is 88.3 cm³/mol. The van der Waals surface area contributed by atoms with Crippen LogP contribution in [0.1, 0.15) is 36.2 Å². The quantitative estimate of drug-likeness (QED) is 0.932. The van der Waals surface area contributed by atoms with Crippen molar-refractivity contribution in [2.75, 3.05) is 18.4 Å². The number of halogens is 1. The Balaban J connectivity index is 1.76. The lowest BCUT2D eigenvalue weighted by atomic mass is 10.2. The maximum absolute atomic E-state index is 13.7. The molecular formula is C18H20FN3O. The fraction of sp³-hybridized carbons (Fsp3) is 0.333. The van der Waals surface area contributed by atoms with Gasteiger partial charge < -0.3 is 10.2 Å². The van der Waals surface area contributed by atoms with Gasteiger partial charge in [0.2, 0.25) is 0 Å². The number of nitrogens with one attached hydrogen (secondary N) is 1. The Labute approximate surface area is 135 Å². The molecule has 0 aliphatic carbocycles. The summed E-state index contributed by atoms with van der Waals surface area (Å²) in [4.78, 5) is 18.6. The fourth-order valence-electron chi connectivity index (χ4n) is 2.78. The molecule has 5 heteroatoms. The van der Waals surface area contributed by atoms with Crippen LogP contribution < -0.4 is 5.32 Å². The van der Waals surface area contributed by atoms with E-state index in [1.54, 1.807) is 36.5 Å². The number of carbonyl (C=O) groups is 1. The summed E-state index contributed by atoms with van der Waals surface area (Å²) in [5, 5.41) is 3.00. The molecule has 1 N–H and O–H groups in total. The first-order valence-corrected chi connectivity index (χ1v) is 8.01. The molecular weight excluding hydrogens is 293 g/mol. The maximum Gasteiger partial charge on any atom is 0.272 e. The first-order valence-electron chi connectivity index (χ1n) is 8.01. The lowest BCUT2D eigenvalue weighted by Gasteiger charge is -2.20. The monoisotopic (exact) mass is 313 g/mol. The Morgan fingerprint density at radius 3 is 2.57 bits per heavy atom. The van der Waals surface area contributed by atoms with E-state index in [0.29, 0.717) is 17.1 Å². The van der Waals surface area contributed by atoms with E-state index in [1.165, 1.54) is 18.9 Å². The topological polar surface area (TPSA) is 45.2 Å². The Hall–Kier alpha value is -2.43. The highest BCUT2D eigenvalue weighted by Gasteiger charge is 2.18. The minimum atomic E-state index is -0.329. The van der Waals surface area contributed by atoms with Gasteiger partial charge in [-0.1, -0.05) is 25.0 Å². The number of hydrogen-bond donors (Lipinski definition) is 1. The Bertz CT molecular complexity index is 681. The van der Waals surface area contributed by atoms with Crippen LogP contribution in [0.3, 0.4) is 0 Å². The average molecular weight is 313 g/mol. The van der Waals surface area contributed by atoms with Crippen LogP contribution >= 0.6 is 0 Å². The second kappa shape index (κ2) is 7.22. The molecule has 1 saturated heterocycles. The first kappa shape index (κ1) is 15.5. The zero-order chi connectivity index (χ0) is 16.1. The third kappa shape index (κ3) is 3.86. The van der Waals surface area contributed by atoms with E-state index < -0.39 is 0 Å². The lowest BCUT2D eigenvalue weighted by Crippen LogP contribution is -2.32. The van der Waals surface area contributed by atoms with Gasteiger partial charge in [-0.15, -0.1) is 0 Å². The molecule has 120 valence electrons. The molecule has 0 atom stereocenters. The highest BCUT2D eigenvalue weighted by molar-refractivity contribution is 5.93. The highest BCUT2D eigenvalue weighted by atomic mass is 19.1. The molecule has 1 fully saturated rings. The number of nitrogens with zero attached hydrogens (tertiary/aromatic N) is 2. The molecule has 0 saturated carbocycles. The number of para-hydroxylation sites is 1. The Kier molecular flexibility index (Phi) is 4.86. The maximum atomic E-state index is 13.7. The molecule has 4 nitrogen and oxygen atoms in total. The van der Waals surface area contributed by atoms with Crippen molar-refractivity contribution in [3.05, 3.63) is 54.1 Å². The van der Waals surface area contributed by atoms with Crippen LogP contribution in [0, 0.1) is 5.82 Å². The molecule has 0 radical (unpaired) electrons. The molecule has 1 aromatic carbocycles. The summed E-state index contributed by atoms with van der Waals surface area (Å²) in [5.41, 5.74) is 1.43. The van der Waals surface area contributed by atoms with Crippen molar-refractivity contribution in [2.45, 2.75) is 25.7 Å².